The van der Waals surface area contributed by atoms with E-state index in [0.717, 1.165) is 11.5 Å². The Morgan fingerprint density at radius 2 is 0.880 bits per heavy atom. The Hall–Kier alpha value is -1.64. The number of hydrogen-bond acceptors (Lipinski definition) is 7. The summed E-state index contributed by atoms with van der Waals surface area (Å²) in [5, 5.41) is 0. The predicted octanol–water partition coefficient (Wildman–Crippen LogP) is 2.66. The first-order valence-electron chi connectivity index (χ1n) is 8.38. The van der Waals surface area contributed by atoms with Crippen molar-refractivity contribution in [3.63, 3.8) is 0 Å². The van der Waals surface area contributed by atoms with Gasteiger partial charge >= 0.3 is 0 Å². The SMILES string of the molecule is c1coc(COCCOCCOCCOCCOCc2ccco2)c1. The standard InChI is InChI=1S/C18H26O7/c1-3-17(24-5-1)15-22-13-11-20-9-7-19-8-10-21-12-14-23-16-18-4-2-6-25-18/h1-6H,7-16H2. The molecule has 0 unspecified atom stereocenters. The first-order chi connectivity index (χ1) is 12.4. The molecule has 0 aliphatic carbocycles. The van der Waals surface area contributed by atoms with Crippen molar-refractivity contribution in [3.8, 4) is 0 Å². The van der Waals surface area contributed by atoms with Crippen molar-refractivity contribution in [1.82, 2.24) is 0 Å². The lowest BCUT2D eigenvalue weighted by Gasteiger charge is -2.07. The molecule has 0 aliphatic heterocycles. The Morgan fingerprint density at radius 3 is 1.20 bits per heavy atom. The fourth-order valence-electron chi connectivity index (χ4n) is 1.91. The third-order valence-electron chi connectivity index (χ3n) is 3.14. The van der Waals surface area contributed by atoms with Crippen molar-refractivity contribution < 1.29 is 32.5 Å². The van der Waals surface area contributed by atoms with Crippen LogP contribution in [0.2, 0.25) is 0 Å². The first kappa shape index (κ1) is 19.7. The zero-order valence-corrected chi connectivity index (χ0v) is 14.4. The van der Waals surface area contributed by atoms with Crippen LogP contribution in [0.3, 0.4) is 0 Å². The molecule has 0 saturated carbocycles. The summed E-state index contributed by atoms with van der Waals surface area (Å²) in [6, 6.07) is 7.43. The van der Waals surface area contributed by atoms with E-state index in [2.05, 4.69) is 0 Å². The molecule has 2 aromatic rings. The van der Waals surface area contributed by atoms with Gasteiger partial charge in [0.1, 0.15) is 24.7 Å². The molecule has 0 aliphatic rings. The first-order valence-corrected chi connectivity index (χ1v) is 8.38. The quantitative estimate of drug-likeness (QED) is 0.429. The van der Waals surface area contributed by atoms with Gasteiger partial charge in [-0.05, 0) is 24.3 Å². The van der Waals surface area contributed by atoms with Gasteiger partial charge < -0.3 is 32.5 Å². The fourth-order valence-corrected chi connectivity index (χ4v) is 1.91. The number of furan rings is 2. The van der Waals surface area contributed by atoms with Crippen LogP contribution in [0.1, 0.15) is 11.5 Å². The number of rotatable bonds is 16. The van der Waals surface area contributed by atoms with Gasteiger partial charge in [-0.1, -0.05) is 0 Å². The maximum Gasteiger partial charge on any atom is 0.129 e. The van der Waals surface area contributed by atoms with Crippen LogP contribution in [0.25, 0.3) is 0 Å². The van der Waals surface area contributed by atoms with Crippen molar-refractivity contribution in [3.05, 3.63) is 48.3 Å². The molecule has 2 aromatic heterocycles. The molecule has 7 nitrogen and oxygen atoms in total. The van der Waals surface area contributed by atoms with Crippen LogP contribution in [0, 0.1) is 0 Å². The maximum absolute atomic E-state index is 5.40. The summed E-state index contributed by atoms with van der Waals surface area (Å²) in [7, 11) is 0. The molecule has 7 heteroatoms. The van der Waals surface area contributed by atoms with Crippen LogP contribution in [-0.4, -0.2) is 52.9 Å². The molecule has 0 atom stereocenters. The molecule has 2 rings (SSSR count). The Balaban J connectivity index is 1.24. The highest BCUT2D eigenvalue weighted by Crippen LogP contribution is 2.02. The van der Waals surface area contributed by atoms with Crippen LogP contribution in [0.5, 0.6) is 0 Å². The average Bonchev–Trinajstić information content (AvgIpc) is 3.32. The highest BCUT2D eigenvalue weighted by Gasteiger charge is 1.97. The summed E-state index contributed by atoms with van der Waals surface area (Å²) in [6.07, 6.45) is 3.26. The summed E-state index contributed by atoms with van der Waals surface area (Å²) >= 11 is 0. The molecule has 0 amide bonds. The summed E-state index contributed by atoms with van der Waals surface area (Å²) in [6.45, 7) is 5.22. The van der Waals surface area contributed by atoms with E-state index in [0.29, 0.717) is 66.1 Å². The largest absolute Gasteiger partial charge is 0.467 e. The van der Waals surface area contributed by atoms with Crippen LogP contribution in [-0.2, 0) is 36.9 Å². The minimum Gasteiger partial charge on any atom is -0.467 e. The zero-order chi connectivity index (χ0) is 17.4. The van der Waals surface area contributed by atoms with Crippen LogP contribution in [0.4, 0.5) is 0 Å². The highest BCUT2D eigenvalue weighted by molar-refractivity contribution is 4.96. The molecule has 0 N–H and O–H groups in total. The molecule has 140 valence electrons. The minimum absolute atomic E-state index is 0.468. The third kappa shape index (κ3) is 10.1. The van der Waals surface area contributed by atoms with E-state index in [4.69, 9.17) is 32.5 Å². The van der Waals surface area contributed by atoms with Crippen molar-refractivity contribution in [2.24, 2.45) is 0 Å². The maximum atomic E-state index is 5.40. The molecule has 0 bridgehead atoms. The van der Waals surface area contributed by atoms with E-state index in [9.17, 15) is 0 Å². The van der Waals surface area contributed by atoms with Gasteiger partial charge in [0.2, 0.25) is 0 Å². The van der Waals surface area contributed by atoms with Crippen molar-refractivity contribution in [1.29, 1.82) is 0 Å². The minimum atomic E-state index is 0.468. The molecular formula is C18H26O7. The average molecular weight is 354 g/mol. The molecule has 0 spiro atoms. The van der Waals surface area contributed by atoms with E-state index in [1.807, 2.05) is 24.3 Å². The lowest BCUT2D eigenvalue weighted by molar-refractivity contribution is -0.0157. The summed E-state index contributed by atoms with van der Waals surface area (Å²) < 4.78 is 37.3. The van der Waals surface area contributed by atoms with Crippen molar-refractivity contribution in [2.75, 3.05) is 52.9 Å². The lowest BCUT2D eigenvalue weighted by Crippen LogP contribution is -2.13. The van der Waals surface area contributed by atoms with E-state index in [1.54, 1.807) is 12.5 Å². The van der Waals surface area contributed by atoms with E-state index in [1.165, 1.54) is 0 Å². The fraction of sp³-hybridized carbons (Fsp3) is 0.556. The van der Waals surface area contributed by atoms with Gasteiger partial charge in [0.15, 0.2) is 0 Å². The molecule has 25 heavy (non-hydrogen) atoms. The summed E-state index contributed by atoms with van der Waals surface area (Å²) in [4.78, 5) is 0. The Labute approximate surface area is 147 Å². The van der Waals surface area contributed by atoms with Crippen molar-refractivity contribution in [2.45, 2.75) is 13.2 Å². The highest BCUT2D eigenvalue weighted by atomic mass is 16.6. The Morgan fingerprint density at radius 1 is 0.520 bits per heavy atom. The smallest absolute Gasteiger partial charge is 0.129 e. The topological polar surface area (TPSA) is 72.4 Å². The van der Waals surface area contributed by atoms with Gasteiger partial charge in [0.05, 0.1) is 65.4 Å². The molecular weight excluding hydrogens is 328 g/mol. The molecule has 0 aromatic carbocycles. The summed E-state index contributed by atoms with van der Waals surface area (Å²) in [5.41, 5.74) is 0. The van der Waals surface area contributed by atoms with Gasteiger partial charge in [-0.25, -0.2) is 0 Å². The monoisotopic (exact) mass is 354 g/mol. The van der Waals surface area contributed by atoms with Gasteiger partial charge in [-0.15, -0.1) is 0 Å². The van der Waals surface area contributed by atoms with E-state index in [-0.39, 0.29) is 0 Å². The Kier molecular flexibility index (Phi) is 10.7. The molecule has 0 radical (unpaired) electrons. The van der Waals surface area contributed by atoms with Crippen LogP contribution >= 0.6 is 0 Å². The normalized spacial score (nSPS) is 11.2. The zero-order valence-electron chi connectivity index (χ0n) is 14.4. The van der Waals surface area contributed by atoms with Gasteiger partial charge in [-0.2, -0.15) is 0 Å². The second-order valence-electron chi connectivity index (χ2n) is 5.10. The van der Waals surface area contributed by atoms with Crippen molar-refractivity contribution >= 4 is 0 Å². The number of ether oxygens (including phenoxy) is 5. The van der Waals surface area contributed by atoms with Crippen LogP contribution in [0.15, 0.2) is 45.6 Å². The number of hydrogen-bond donors (Lipinski definition) is 0. The Bertz CT molecular complexity index is 449. The molecule has 0 fully saturated rings. The van der Waals surface area contributed by atoms with Gasteiger partial charge in [-0.3, -0.25) is 0 Å². The third-order valence-corrected chi connectivity index (χ3v) is 3.14. The molecule has 2 heterocycles. The predicted molar refractivity (Wildman–Crippen MR) is 89.2 cm³/mol. The lowest BCUT2D eigenvalue weighted by atomic mass is 10.5. The van der Waals surface area contributed by atoms with Crippen LogP contribution < -0.4 is 0 Å². The van der Waals surface area contributed by atoms with Gasteiger partial charge in [0.25, 0.3) is 0 Å². The van der Waals surface area contributed by atoms with E-state index >= 15 is 0 Å². The second-order valence-corrected chi connectivity index (χ2v) is 5.10. The summed E-state index contributed by atoms with van der Waals surface area (Å²) in [5.74, 6) is 1.63. The van der Waals surface area contributed by atoms with E-state index < -0.39 is 0 Å². The second kappa shape index (κ2) is 13.6. The molecule has 0 saturated heterocycles. The van der Waals surface area contributed by atoms with Gasteiger partial charge in [0, 0.05) is 0 Å².